The van der Waals surface area contributed by atoms with Gasteiger partial charge in [0.05, 0.1) is 11.3 Å². The first-order valence-corrected chi connectivity index (χ1v) is 11.6. The molecule has 1 saturated heterocycles. The van der Waals surface area contributed by atoms with E-state index in [0.29, 0.717) is 43.9 Å². The molecule has 32 heavy (non-hydrogen) atoms. The van der Waals surface area contributed by atoms with Gasteiger partial charge in [-0.3, -0.25) is 9.59 Å². The lowest BCUT2D eigenvalue weighted by Crippen LogP contribution is -2.40. The third-order valence-electron chi connectivity index (χ3n) is 5.87. The van der Waals surface area contributed by atoms with Gasteiger partial charge < -0.3 is 19.5 Å². The van der Waals surface area contributed by atoms with Gasteiger partial charge in [-0.1, -0.05) is 12.1 Å². The third kappa shape index (κ3) is 4.45. The molecule has 10 heteroatoms. The molecule has 170 valence electrons. The zero-order chi connectivity index (χ0) is 22.8. The van der Waals surface area contributed by atoms with Crippen molar-refractivity contribution in [3.8, 4) is 0 Å². The van der Waals surface area contributed by atoms with Crippen molar-refractivity contribution in [2.45, 2.75) is 53.1 Å². The van der Waals surface area contributed by atoms with Crippen LogP contribution in [0.25, 0.3) is 10.2 Å². The number of nitrogens with zero attached hydrogens (tertiary/aromatic N) is 4. The van der Waals surface area contributed by atoms with E-state index in [4.69, 9.17) is 9.26 Å². The molecule has 0 bridgehead atoms. The number of hydrogen-bond donors (Lipinski definition) is 1. The smallest absolute Gasteiger partial charge is 0.309 e. The van der Waals surface area contributed by atoms with Crippen LogP contribution in [0.5, 0.6) is 0 Å². The summed E-state index contributed by atoms with van der Waals surface area (Å²) in [7, 11) is 0. The molecule has 0 aliphatic carbocycles. The number of thiophene rings is 1. The monoisotopic (exact) mass is 457 g/mol. The molecule has 0 saturated carbocycles. The van der Waals surface area contributed by atoms with Crippen LogP contribution in [0, 0.1) is 26.7 Å². The molecule has 0 radical (unpaired) electrons. The zero-order valence-corrected chi connectivity index (χ0v) is 19.5. The lowest BCUT2D eigenvalue weighted by Gasteiger charge is -2.32. The maximum absolute atomic E-state index is 12.8. The second kappa shape index (κ2) is 9.23. The highest BCUT2D eigenvalue weighted by Gasteiger charge is 2.31. The molecule has 1 amide bonds. The fourth-order valence-electron chi connectivity index (χ4n) is 3.92. The normalized spacial score (nSPS) is 15.7. The van der Waals surface area contributed by atoms with Gasteiger partial charge >= 0.3 is 5.97 Å². The predicted octanol–water partition coefficient (Wildman–Crippen LogP) is 3.78. The predicted molar refractivity (Wildman–Crippen MR) is 122 cm³/mol. The highest BCUT2D eigenvalue weighted by Crippen LogP contribution is 2.35. The number of piperidine rings is 1. The molecular weight excluding hydrogens is 430 g/mol. The Balaban J connectivity index is 1.36. The Morgan fingerprint density at radius 1 is 1.28 bits per heavy atom. The van der Waals surface area contributed by atoms with Crippen molar-refractivity contribution in [1.29, 1.82) is 0 Å². The first-order valence-electron chi connectivity index (χ1n) is 10.8. The molecule has 1 N–H and O–H groups in total. The zero-order valence-electron chi connectivity index (χ0n) is 18.7. The Kier molecular flexibility index (Phi) is 6.40. The van der Waals surface area contributed by atoms with E-state index in [9.17, 15) is 9.59 Å². The first kappa shape index (κ1) is 22.2. The van der Waals surface area contributed by atoms with Crippen LogP contribution in [0.4, 0.5) is 11.6 Å². The van der Waals surface area contributed by atoms with E-state index in [1.165, 1.54) is 10.4 Å². The number of nitrogens with one attached hydrogen (secondary N) is 1. The molecule has 0 aromatic carbocycles. The Morgan fingerprint density at radius 3 is 2.69 bits per heavy atom. The number of amides is 1. The van der Waals surface area contributed by atoms with Crippen molar-refractivity contribution in [2.24, 2.45) is 5.92 Å². The van der Waals surface area contributed by atoms with Crippen molar-refractivity contribution in [2.75, 3.05) is 23.3 Å². The Morgan fingerprint density at radius 2 is 2.03 bits per heavy atom. The van der Waals surface area contributed by atoms with Crippen LogP contribution in [-0.2, 0) is 14.3 Å². The highest BCUT2D eigenvalue weighted by atomic mass is 32.1. The van der Waals surface area contributed by atoms with Crippen LogP contribution >= 0.6 is 11.3 Å². The van der Waals surface area contributed by atoms with Crippen LogP contribution < -0.4 is 10.2 Å². The van der Waals surface area contributed by atoms with Gasteiger partial charge in [0.1, 0.15) is 22.7 Å². The van der Waals surface area contributed by atoms with E-state index >= 15 is 0 Å². The van der Waals surface area contributed by atoms with Crippen molar-refractivity contribution in [3.05, 3.63) is 28.6 Å². The number of hydrogen-bond acceptors (Lipinski definition) is 9. The summed E-state index contributed by atoms with van der Waals surface area (Å²) in [5, 5.41) is 7.48. The summed E-state index contributed by atoms with van der Waals surface area (Å²) in [5.74, 6) is 0.843. The average Bonchev–Trinajstić information content (AvgIpc) is 3.33. The summed E-state index contributed by atoms with van der Waals surface area (Å²) in [4.78, 5) is 38.6. The van der Waals surface area contributed by atoms with Crippen molar-refractivity contribution >= 4 is 45.1 Å². The van der Waals surface area contributed by atoms with Crippen molar-refractivity contribution in [1.82, 2.24) is 15.1 Å². The molecule has 3 aromatic rings. The molecule has 3 aromatic heterocycles. The lowest BCUT2D eigenvalue weighted by atomic mass is 9.96. The summed E-state index contributed by atoms with van der Waals surface area (Å²) in [6, 6.07) is 1.61. The molecule has 4 heterocycles. The topological polar surface area (TPSA) is 110 Å². The average molecular weight is 458 g/mol. The van der Waals surface area contributed by atoms with E-state index in [2.05, 4.69) is 39.2 Å². The molecule has 1 aliphatic rings. The molecule has 1 atom stereocenters. The third-order valence-corrected chi connectivity index (χ3v) is 6.99. The van der Waals surface area contributed by atoms with E-state index in [0.717, 1.165) is 16.0 Å². The Hall–Kier alpha value is -3.01. The minimum atomic E-state index is -0.865. The van der Waals surface area contributed by atoms with E-state index in [1.807, 2.05) is 0 Å². The number of anilines is 2. The van der Waals surface area contributed by atoms with Crippen LogP contribution in [0.15, 0.2) is 16.9 Å². The van der Waals surface area contributed by atoms with E-state index < -0.39 is 12.0 Å². The second-order valence-electron chi connectivity index (χ2n) is 8.07. The summed E-state index contributed by atoms with van der Waals surface area (Å²) in [5.41, 5.74) is 1.21. The number of aromatic nitrogens is 3. The molecule has 1 aliphatic heterocycles. The van der Waals surface area contributed by atoms with Crippen LogP contribution in [0.2, 0.25) is 0 Å². The number of aryl methyl sites for hydroxylation is 3. The molecule has 9 nitrogen and oxygen atoms in total. The summed E-state index contributed by atoms with van der Waals surface area (Å²) >= 11 is 1.68. The highest BCUT2D eigenvalue weighted by molar-refractivity contribution is 7.18. The minimum Gasteiger partial charge on any atom is -0.452 e. The van der Waals surface area contributed by atoms with Gasteiger partial charge in [-0.05, 0) is 45.6 Å². The van der Waals surface area contributed by atoms with Crippen molar-refractivity contribution < 1.29 is 18.8 Å². The molecule has 1 fully saturated rings. The van der Waals surface area contributed by atoms with Crippen LogP contribution in [-0.4, -0.2) is 46.2 Å². The quantitative estimate of drug-likeness (QED) is 0.557. The van der Waals surface area contributed by atoms with Crippen LogP contribution in [0.3, 0.4) is 0 Å². The van der Waals surface area contributed by atoms with E-state index in [-0.39, 0.29) is 11.9 Å². The van der Waals surface area contributed by atoms with Gasteiger partial charge in [0.15, 0.2) is 11.9 Å². The molecule has 1 unspecified atom stereocenters. The largest absolute Gasteiger partial charge is 0.452 e. The minimum absolute atomic E-state index is 0.245. The Bertz CT molecular complexity index is 1130. The number of carbonyl (C=O) groups excluding carboxylic acids is 2. The molecular formula is C22H27N5O4S. The number of ether oxygens (including phenoxy) is 1. The van der Waals surface area contributed by atoms with Gasteiger partial charge in [0, 0.05) is 24.0 Å². The van der Waals surface area contributed by atoms with Crippen LogP contribution in [0.1, 0.15) is 42.4 Å². The maximum atomic E-state index is 12.8. The van der Waals surface area contributed by atoms with Gasteiger partial charge in [0.2, 0.25) is 0 Å². The lowest BCUT2D eigenvalue weighted by molar-refractivity contribution is -0.159. The standard InChI is InChI=1S/C22H27N5O4S/c1-5-16(20(28)25-17-10-12(2)31-26-17)30-22(29)15-6-8-27(9-7-15)19-18-13(3)14(4)32-21(18)24-11-23-19/h10-11,15-16H,5-9H2,1-4H3,(H,25,26,28). The fourth-order valence-corrected chi connectivity index (χ4v) is 4.91. The van der Waals surface area contributed by atoms with Gasteiger partial charge in [0.25, 0.3) is 5.91 Å². The SMILES string of the molecule is CCC(OC(=O)C1CCN(c2ncnc3sc(C)c(C)c23)CC1)C(=O)Nc1cc(C)on1. The van der Waals surface area contributed by atoms with Gasteiger partial charge in [-0.25, -0.2) is 9.97 Å². The first-order chi connectivity index (χ1) is 15.4. The molecule has 4 rings (SSSR count). The number of carbonyl (C=O) groups is 2. The second-order valence-corrected chi connectivity index (χ2v) is 9.27. The number of fused-ring (bicyclic) bond motifs is 1. The maximum Gasteiger partial charge on any atom is 0.309 e. The van der Waals surface area contributed by atoms with Crippen molar-refractivity contribution in [3.63, 3.8) is 0 Å². The Labute approximate surface area is 190 Å². The van der Waals surface area contributed by atoms with Gasteiger partial charge in [-0.15, -0.1) is 11.3 Å². The van der Waals surface area contributed by atoms with E-state index in [1.54, 1.807) is 37.6 Å². The summed E-state index contributed by atoms with van der Waals surface area (Å²) < 4.78 is 10.5. The number of rotatable bonds is 6. The summed E-state index contributed by atoms with van der Waals surface area (Å²) in [6.45, 7) is 9.13. The number of esters is 1. The van der Waals surface area contributed by atoms with Gasteiger partial charge in [-0.2, -0.15) is 0 Å². The molecule has 0 spiro atoms. The fraction of sp³-hybridized carbons (Fsp3) is 0.500. The summed E-state index contributed by atoms with van der Waals surface area (Å²) in [6.07, 6.45) is 2.41.